The number of carbonyl (C=O) groups excluding carboxylic acids is 1. The van der Waals surface area contributed by atoms with E-state index in [1.807, 2.05) is 4.90 Å². The van der Waals surface area contributed by atoms with Crippen LogP contribution in [0.15, 0.2) is 10.5 Å². The first-order valence-corrected chi connectivity index (χ1v) is 8.76. The van der Waals surface area contributed by atoms with Crippen LogP contribution in [0.1, 0.15) is 12.7 Å². The number of nitrogens with zero attached hydrogens (tertiary/aromatic N) is 4. The molecule has 0 bridgehead atoms. The molecule has 0 spiro atoms. The molecule has 1 aromatic carbocycles. The van der Waals surface area contributed by atoms with Crippen molar-refractivity contribution in [1.82, 2.24) is 14.8 Å². The first-order chi connectivity index (χ1) is 11.9. The highest BCUT2D eigenvalue weighted by atomic mass is 79.9. The highest BCUT2D eigenvalue weighted by Crippen LogP contribution is 2.35. The van der Waals surface area contributed by atoms with Crippen LogP contribution in [0.25, 0.3) is 10.9 Å². The van der Waals surface area contributed by atoms with E-state index in [0.29, 0.717) is 37.4 Å². The third-order valence-electron chi connectivity index (χ3n) is 3.87. The quantitative estimate of drug-likeness (QED) is 0.426. The third kappa shape index (κ3) is 3.88. The summed E-state index contributed by atoms with van der Waals surface area (Å²) in [5, 5.41) is 0.739. The zero-order valence-corrected chi connectivity index (χ0v) is 15.8. The molecule has 0 amide bonds. The number of fused-ring (bicyclic) bond motifs is 1. The molecule has 1 aliphatic heterocycles. The Balaban J connectivity index is 2.12. The summed E-state index contributed by atoms with van der Waals surface area (Å²) in [7, 11) is 5.80. The number of anilines is 1. The molecule has 10 heteroatoms. The number of aromatic nitrogens is 2. The fourth-order valence-electron chi connectivity index (χ4n) is 2.61. The molecule has 0 unspecified atom stereocenters. The molecule has 1 saturated heterocycles. The molecular weight excluding hydrogens is 413 g/mol. The maximum atomic E-state index is 14.7. The number of piperazine rings is 1. The van der Waals surface area contributed by atoms with E-state index in [-0.39, 0.29) is 27.4 Å². The minimum atomic E-state index is -0.576. The lowest BCUT2D eigenvalue weighted by atomic mass is 10.1. The predicted molar refractivity (Wildman–Crippen MR) is 97.2 cm³/mol. The van der Waals surface area contributed by atoms with E-state index >= 15 is 0 Å². The van der Waals surface area contributed by atoms with E-state index < -0.39 is 11.8 Å². The second kappa shape index (κ2) is 7.43. The molecule has 1 aromatic heterocycles. The zero-order chi connectivity index (χ0) is 18.1. The molecule has 25 heavy (non-hydrogen) atoms. The number of esters is 1. The number of halogens is 3. The summed E-state index contributed by atoms with van der Waals surface area (Å²) in [6.45, 7) is 3.72. The fraction of sp³-hybridized carbons (Fsp3) is 0.400. The van der Waals surface area contributed by atoms with Crippen LogP contribution in [0.4, 0.5) is 10.2 Å². The summed E-state index contributed by atoms with van der Waals surface area (Å²) in [6.07, 6.45) is 0. The maximum absolute atomic E-state index is 14.7. The molecule has 0 saturated carbocycles. The summed E-state index contributed by atoms with van der Waals surface area (Å²) in [5.74, 6) is -0.262. The Bertz CT molecular complexity index is 833. The van der Waals surface area contributed by atoms with E-state index in [4.69, 9.17) is 24.3 Å². The van der Waals surface area contributed by atoms with Gasteiger partial charge in [-0.3, -0.25) is 4.79 Å². The Morgan fingerprint density at radius 2 is 2.08 bits per heavy atom. The molecule has 3 rings (SSSR count). The van der Waals surface area contributed by atoms with E-state index in [0.717, 1.165) is 0 Å². The Morgan fingerprint density at radius 1 is 1.40 bits per heavy atom. The Hall–Kier alpha value is -1.45. The minimum absolute atomic E-state index is 0.124. The van der Waals surface area contributed by atoms with Crippen molar-refractivity contribution >= 4 is 58.2 Å². The van der Waals surface area contributed by atoms with Gasteiger partial charge in [-0.05, 0) is 22.0 Å². The number of benzene rings is 1. The van der Waals surface area contributed by atoms with Crippen LogP contribution in [0.5, 0.6) is 0 Å². The lowest BCUT2D eigenvalue weighted by Crippen LogP contribution is -2.45. The number of hydrogen-bond acceptors (Lipinski definition) is 6. The second-order valence-electron chi connectivity index (χ2n) is 5.65. The van der Waals surface area contributed by atoms with Crippen LogP contribution in [0, 0.1) is 5.82 Å². The van der Waals surface area contributed by atoms with Gasteiger partial charge in [-0.15, -0.1) is 0 Å². The van der Waals surface area contributed by atoms with Crippen molar-refractivity contribution < 1.29 is 13.9 Å². The van der Waals surface area contributed by atoms with Gasteiger partial charge in [0.25, 0.3) is 0 Å². The summed E-state index contributed by atoms with van der Waals surface area (Å²) < 4.78 is 19.8. The topological polar surface area (TPSA) is 58.6 Å². The lowest BCUT2D eigenvalue weighted by Gasteiger charge is -2.34. The van der Waals surface area contributed by atoms with Crippen LogP contribution in [-0.4, -0.2) is 54.9 Å². The molecule has 0 aliphatic carbocycles. The number of hydrogen-bond donors (Lipinski definition) is 0. The van der Waals surface area contributed by atoms with Crippen molar-refractivity contribution in [2.45, 2.75) is 13.5 Å². The Kier molecular flexibility index (Phi) is 5.45. The van der Waals surface area contributed by atoms with Gasteiger partial charge >= 0.3 is 5.97 Å². The zero-order valence-electron chi connectivity index (χ0n) is 13.4. The second-order valence-corrected chi connectivity index (χ2v) is 6.85. The van der Waals surface area contributed by atoms with E-state index in [9.17, 15) is 9.18 Å². The third-order valence-corrected chi connectivity index (χ3v) is 5.17. The normalized spacial score (nSPS) is 15.6. The molecule has 2 radical (unpaired) electrons. The van der Waals surface area contributed by atoms with Gasteiger partial charge in [0.05, 0.1) is 9.50 Å². The Labute approximate surface area is 158 Å². The van der Waals surface area contributed by atoms with Crippen molar-refractivity contribution in [2.24, 2.45) is 0 Å². The molecule has 2 heterocycles. The SMILES string of the molecule is [B]N1CCN(c2nc(COC(C)=O)nc3c(F)c(Br)c(Cl)cc23)CC1. The summed E-state index contributed by atoms with van der Waals surface area (Å²) in [6, 6.07) is 1.63. The highest BCUT2D eigenvalue weighted by molar-refractivity contribution is 9.10. The highest BCUT2D eigenvalue weighted by Gasteiger charge is 2.22. The predicted octanol–water partition coefficient (Wildman–Crippen LogP) is 2.45. The van der Waals surface area contributed by atoms with Crippen molar-refractivity contribution in [3.8, 4) is 0 Å². The molecule has 2 aromatic rings. The van der Waals surface area contributed by atoms with Gasteiger partial charge in [-0.2, -0.15) is 0 Å². The van der Waals surface area contributed by atoms with E-state index in [1.54, 1.807) is 10.9 Å². The summed E-state index contributed by atoms with van der Waals surface area (Å²) in [4.78, 5) is 23.4. The molecule has 1 aliphatic rings. The smallest absolute Gasteiger partial charge is 0.303 e. The average molecular weight is 427 g/mol. The van der Waals surface area contributed by atoms with Crippen molar-refractivity contribution in [3.05, 3.63) is 27.2 Å². The van der Waals surface area contributed by atoms with Crippen LogP contribution in [0.3, 0.4) is 0 Å². The van der Waals surface area contributed by atoms with Gasteiger partial charge in [-0.1, -0.05) is 11.6 Å². The minimum Gasteiger partial charge on any atom is -0.458 e. The number of carbonyl (C=O) groups is 1. The molecule has 1 fully saturated rings. The van der Waals surface area contributed by atoms with Crippen LogP contribution >= 0.6 is 27.5 Å². The Morgan fingerprint density at radius 3 is 2.72 bits per heavy atom. The van der Waals surface area contributed by atoms with Gasteiger partial charge in [0.1, 0.15) is 11.3 Å². The van der Waals surface area contributed by atoms with Crippen LogP contribution < -0.4 is 4.90 Å². The first kappa shape index (κ1) is 18.3. The van der Waals surface area contributed by atoms with Gasteiger partial charge in [0, 0.05) is 38.5 Å². The van der Waals surface area contributed by atoms with E-state index in [1.165, 1.54) is 6.92 Å². The summed E-state index contributed by atoms with van der Waals surface area (Å²) in [5.41, 5.74) is 0.124. The molecule has 130 valence electrons. The van der Waals surface area contributed by atoms with Crippen LogP contribution in [-0.2, 0) is 16.1 Å². The van der Waals surface area contributed by atoms with Crippen molar-refractivity contribution in [2.75, 3.05) is 31.1 Å². The molecular formula is C15H14BBrClFN4O2. The monoisotopic (exact) mass is 426 g/mol. The van der Waals surface area contributed by atoms with Gasteiger partial charge < -0.3 is 14.4 Å². The average Bonchev–Trinajstić information content (AvgIpc) is 2.58. The largest absolute Gasteiger partial charge is 0.458 e. The van der Waals surface area contributed by atoms with Gasteiger partial charge in [0.15, 0.2) is 26.2 Å². The summed E-state index contributed by atoms with van der Waals surface area (Å²) >= 11 is 9.24. The first-order valence-electron chi connectivity index (χ1n) is 7.59. The molecule has 0 N–H and O–H groups in total. The van der Waals surface area contributed by atoms with Crippen molar-refractivity contribution in [3.63, 3.8) is 0 Å². The molecule has 0 atom stereocenters. The van der Waals surface area contributed by atoms with E-state index in [2.05, 4.69) is 25.9 Å². The van der Waals surface area contributed by atoms with Crippen LogP contribution in [0.2, 0.25) is 5.02 Å². The lowest BCUT2D eigenvalue weighted by molar-refractivity contribution is -0.142. The fourth-order valence-corrected chi connectivity index (χ4v) is 3.10. The number of rotatable bonds is 3. The van der Waals surface area contributed by atoms with Gasteiger partial charge in [0.2, 0.25) is 0 Å². The van der Waals surface area contributed by atoms with Gasteiger partial charge in [-0.25, -0.2) is 14.4 Å². The molecule has 6 nitrogen and oxygen atoms in total. The van der Waals surface area contributed by atoms with Crippen molar-refractivity contribution in [1.29, 1.82) is 0 Å². The standard InChI is InChI=1S/C15H14BBrClFN4O2/c1-8(24)25-7-11-20-14-9(6-10(18)12(17)13(14)19)15(21-11)22-2-4-23(16)5-3-22/h6H,2-5,7H2,1H3. The maximum Gasteiger partial charge on any atom is 0.303 e. The number of ether oxygens (including phenoxy) is 1.